The molecule has 4 rings (SSSR count). The summed E-state index contributed by atoms with van der Waals surface area (Å²) in [4.78, 5) is 2.44. The zero-order valence-electron chi connectivity index (χ0n) is 16.8. The summed E-state index contributed by atoms with van der Waals surface area (Å²) in [6.07, 6.45) is 6.90. The van der Waals surface area contributed by atoms with Crippen molar-refractivity contribution in [1.82, 2.24) is 4.90 Å². The van der Waals surface area contributed by atoms with Crippen LogP contribution in [0.5, 0.6) is 0 Å². The lowest BCUT2D eigenvalue weighted by Gasteiger charge is -2.17. The Morgan fingerprint density at radius 2 is 1.29 bits per heavy atom. The van der Waals surface area contributed by atoms with Crippen LogP contribution in [0.25, 0.3) is 5.57 Å². The standard InChI is InChI=1S/C27H29N/c1-28(21-19-22-10-3-2-4-11-22)20-9-16-27-25-14-7-5-12-23(25)17-18-24-13-6-8-15-26(24)27/h2-8,10-16H,9,17-21H2,1H3. The van der Waals surface area contributed by atoms with Crippen LogP contribution >= 0.6 is 0 Å². The molecule has 0 unspecified atom stereocenters. The van der Waals surface area contributed by atoms with Crippen molar-refractivity contribution < 1.29 is 0 Å². The molecule has 1 heteroatoms. The molecule has 0 saturated carbocycles. The van der Waals surface area contributed by atoms with Gasteiger partial charge in [-0.3, -0.25) is 0 Å². The van der Waals surface area contributed by atoms with Crippen LogP contribution in [0.4, 0.5) is 0 Å². The summed E-state index contributed by atoms with van der Waals surface area (Å²) >= 11 is 0. The number of hydrogen-bond acceptors (Lipinski definition) is 1. The van der Waals surface area contributed by atoms with Gasteiger partial charge in [-0.25, -0.2) is 0 Å². The van der Waals surface area contributed by atoms with Crippen LogP contribution in [-0.2, 0) is 19.3 Å². The first kappa shape index (κ1) is 18.7. The summed E-state index contributed by atoms with van der Waals surface area (Å²) in [7, 11) is 2.23. The Bertz CT molecular complexity index is 890. The molecule has 28 heavy (non-hydrogen) atoms. The Morgan fingerprint density at radius 3 is 1.93 bits per heavy atom. The molecule has 0 amide bonds. The van der Waals surface area contributed by atoms with Crippen molar-refractivity contribution in [2.75, 3.05) is 20.1 Å². The smallest absolute Gasteiger partial charge is 0.00189 e. The third-order valence-electron chi connectivity index (χ3n) is 5.76. The van der Waals surface area contributed by atoms with E-state index in [9.17, 15) is 0 Å². The first-order chi connectivity index (χ1) is 13.8. The van der Waals surface area contributed by atoms with Gasteiger partial charge in [0.2, 0.25) is 0 Å². The maximum Gasteiger partial charge on any atom is 0.00189 e. The molecule has 0 saturated heterocycles. The van der Waals surface area contributed by atoms with E-state index in [1.807, 2.05) is 0 Å². The van der Waals surface area contributed by atoms with Gasteiger partial charge in [0.1, 0.15) is 0 Å². The fourth-order valence-electron chi connectivity index (χ4n) is 4.14. The third-order valence-corrected chi connectivity index (χ3v) is 5.76. The molecule has 0 bridgehead atoms. The molecule has 1 aliphatic carbocycles. The molecule has 1 aliphatic rings. The first-order valence-electron chi connectivity index (χ1n) is 10.4. The lowest BCUT2D eigenvalue weighted by Crippen LogP contribution is -2.22. The van der Waals surface area contributed by atoms with Gasteiger partial charge in [-0.15, -0.1) is 0 Å². The summed E-state index contributed by atoms with van der Waals surface area (Å²) < 4.78 is 0. The van der Waals surface area contributed by atoms with Crippen molar-refractivity contribution >= 4 is 5.57 Å². The third kappa shape index (κ3) is 4.43. The lowest BCUT2D eigenvalue weighted by atomic mass is 9.93. The van der Waals surface area contributed by atoms with Crippen molar-refractivity contribution in [3.8, 4) is 0 Å². The number of rotatable bonds is 6. The Balaban J connectivity index is 1.48. The van der Waals surface area contributed by atoms with Gasteiger partial charge in [-0.05, 0) is 66.1 Å². The van der Waals surface area contributed by atoms with Gasteiger partial charge in [0.25, 0.3) is 0 Å². The quantitative estimate of drug-likeness (QED) is 0.534. The molecule has 0 N–H and O–H groups in total. The normalized spacial score (nSPS) is 13.0. The minimum absolute atomic E-state index is 1.07. The highest BCUT2D eigenvalue weighted by molar-refractivity contribution is 5.83. The second kappa shape index (κ2) is 9.03. The number of hydrogen-bond donors (Lipinski definition) is 0. The van der Waals surface area contributed by atoms with E-state index in [2.05, 4.69) is 96.9 Å². The van der Waals surface area contributed by atoms with Crippen molar-refractivity contribution in [3.63, 3.8) is 0 Å². The van der Waals surface area contributed by atoms with Gasteiger partial charge in [0, 0.05) is 13.1 Å². The van der Waals surface area contributed by atoms with Crippen molar-refractivity contribution in [2.24, 2.45) is 0 Å². The molecular formula is C27H29N. The van der Waals surface area contributed by atoms with Crippen molar-refractivity contribution in [3.05, 3.63) is 113 Å². The van der Waals surface area contributed by atoms with Crippen molar-refractivity contribution in [2.45, 2.75) is 25.7 Å². The molecule has 1 nitrogen and oxygen atoms in total. The highest BCUT2D eigenvalue weighted by Crippen LogP contribution is 2.33. The van der Waals surface area contributed by atoms with Crippen LogP contribution in [0.2, 0.25) is 0 Å². The summed E-state index contributed by atoms with van der Waals surface area (Å²) in [5, 5.41) is 0. The number of nitrogens with zero attached hydrogens (tertiary/aromatic N) is 1. The highest BCUT2D eigenvalue weighted by atomic mass is 15.1. The topological polar surface area (TPSA) is 3.24 Å². The average Bonchev–Trinajstić information content (AvgIpc) is 2.90. The van der Waals surface area contributed by atoms with Crippen LogP contribution in [0, 0.1) is 0 Å². The number of aryl methyl sites for hydroxylation is 2. The second-order valence-corrected chi connectivity index (χ2v) is 7.76. The molecule has 0 aliphatic heterocycles. The average molecular weight is 368 g/mol. The summed E-state index contributed by atoms with van der Waals surface area (Å²) in [6.45, 7) is 2.18. The van der Waals surface area contributed by atoms with Gasteiger partial charge < -0.3 is 4.90 Å². The summed E-state index contributed by atoms with van der Waals surface area (Å²) in [6, 6.07) is 28.6. The van der Waals surface area contributed by atoms with Gasteiger partial charge >= 0.3 is 0 Å². The van der Waals surface area contributed by atoms with Crippen LogP contribution in [0.3, 0.4) is 0 Å². The van der Waals surface area contributed by atoms with Crippen LogP contribution < -0.4 is 0 Å². The molecule has 0 radical (unpaired) electrons. The molecule has 142 valence electrons. The Labute approximate surface area is 169 Å². The zero-order valence-corrected chi connectivity index (χ0v) is 16.8. The second-order valence-electron chi connectivity index (χ2n) is 7.76. The SMILES string of the molecule is CN(CCC=C1c2ccccc2CCc2ccccc21)CCc1ccccc1. The lowest BCUT2D eigenvalue weighted by molar-refractivity contribution is 0.345. The highest BCUT2D eigenvalue weighted by Gasteiger charge is 2.17. The predicted octanol–water partition coefficient (Wildman–Crippen LogP) is 5.78. The van der Waals surface area contributed by atoms with Gasteiger partial charge in [-0.1, -0.05) is 84.9 Å². The Kier molecular flexibility index (Phi) is 6.04. The monoisotopic (exact) mass is 367 g/mol. The van der Waals surface area contributed by atoms with Gasteiger partial charge in [-0.2, -0.15) is 0 Å². The number of fused-ring (bicyclic) bond motifs is 2. The molecule has 3 aromatic rings. The van der Waals surface area contributed by atoms with Gasteiger partial charge in [0.05, 0.1) is 0 Å². The Hall–Kier alpha value is -2.64. The number of likely N-dealkylation sites (N-methyl/N-ethyl adjacent to an activating group) is 1. The molecule has 0 heterocycles. The zero-order chi connectivity index (χ0) is 19.2. The first-order valence-corrected chi connectivity index (χ1v) is 10.4. The van der Waals surface area contributed by atoms with Crippen molar-refractivity contribution in [1.29, 1.82) is 0 Å². The predicted molar refractivity (Wildman–Crippen MR) is 120 cm³/mol. The maximum absolute atomic E-state index is 2.46. The molecule has 0 spiro atoms. The summed E-state index contributed by atoms with van der Waals surface area (Å²) in [5.74, 6) is 0. The Morgan fingerprint density at radius 1 is 0.714 bits per heavy atom. The minimum atomic E-state index is 1.07. The largest absolute Gasteiger partial charge is 0.306 e. The van der Waals surface area contributed by atoms with Crippen LogP contribution in [0.1, 0.15) is 34.2 Å². The van der Waals surface area contributed by atoms with E-state index in [0.29, 0.717) is 0 Å². The van der Waals surface area contributed by atoms with E-state index in [1.54, 1.807) is 0 Å². The molecule has 0 aromatic heterocycles. The van der Waals surface area contributed by atoms with E-state index in [-0.39, 0.29) is 0 Å². The fourth-order valence-corrected chi connectivity index (χ4v) is 4.14. The van der Waals surface area contributed by atoms with E-state index >= 15 is 0 Å². The van der Waals surface area contributed by atoms with E-state index in [0.717, 1.165) is 38.8 Å². The minimum Gasteiger partial charge on any atom is -0.306 e. The van der Waals surface area contributed by atoms with E-state index < -0.39 is 0 Å². The molecule has 3 aromatic carbocycles. The fraction of sp³-hybridized carbons (Fsp3) is 0.259. The van der Waals surface area contributed by atoms with E-state index in [1.165, 1.54) is 33.4 Å². The molecular weight excluding hydrogens is 338 g/mol. The maximum atomic E-state index is 2.46. The molecule has 0 atom stereocenters. The summed E-state index contributed by atoms with van der Waals surface area (Å²) in [5.41, 5.74) is 8.61. The van der Waals surface area contributed by atoms with Crippen LogP contribution in [-0.4, -0.2) is 25.0 Å². The molecule has 0 fully saturated rings. The van der Waals surface area contributed by atoms with Crippen LogP contribution in [0.15, 0.2) is 84.9 Å². The van der Waals surface area contributed by atoms with Gasteiger partial charge in [0.15, 0.2) is 0 Å². The van der Waals surface area contributed by atoms with E-state index in [4.69, 9.17) is 0 Å². The number of benzene rings is 3.